The highest BCUT2D eigenvalue weighted by atomic mass is 16.5. The highest BCUT2D eigenvalue weighted by molar-refractivity contribution is 6.17. The number of ketones is 1. The fourth-order valence-electron chi connectivity index (χ4n) is 4.30. The lowest BCUT2D eigenvalue weighted by Crippen LogP contribution is -2.44. The Hall–Kier alpha value is -3.45. The summed E-state index contributed by atoms with van der Waals surface area (Å²) in [7, 11) is 4.11. The summed E-state index contributed by atoms with van der Waals surface area (Å²) in [6.07, 6.45) is 3.70. The van der Waals surface area contributed by atoms with Gasteiger partial charge in [0.05, 0.1) is 5.52 Å². The van der Waals surface area contributed by atoms with Crippen molar-refractivity contribution >= 4 is 28.4 Å². The Kier molecular flexibility index (Phi) is 4.22. The molecule has 2 aliphatic heterocycles. The number of allylic oxidation sites excluding steroid dienone is 1. The van der Waals surface area contributed by atoms with Crippen LogP contribution in [0.2, 0.25) is 0 Å². The standard InChI is InChI=1S/C23H23N3O4/c1-24-6-8-26(9-7-24)17-5-3-4-16-21(17)14(13-25(16)2)10-20-23(29)22-18(28)11-15(27)12-19(22)30-20/h3-5,10-13,27-28H,6-9H2,1-2H3/b20-10-. The van der Waals surface area contributed by atoms with Gasteiger partial charge in [0.2, 0.25) is 5.78 Å². The van der Waals surface area contributed by atoms with Gasteiger partial charge in [0.1, 0.15) is 22.8 Å². The number of likely N-dealkylation sites (N-methyl/N-ethyl adjacent to an activating group) is 1. The van der Waals surface area contributed by atoms with Crippen LogP contribution in [-0.2, 0) is 7.05 Å². The van der Waals surface area contributed by atoms with E-state index >= 15 is 0 Å². The van der Waals surface area contributed by atoms with Crippen LogP contribution >= 0.6 is 0 Å². The number of Topliss-reactive ketones (excluding diaryl/α,β-unsaturated/α-hetero) is 1. The number of rotatable bonds is 2. The number of hydrogen-bond donors (Lipinski definition) is 2. The molecule has 1 aromatic heterocycles. The van der Waals surface area contributed by atoms with Gasteiger partial charge in [-0.3, -0.25) is 4.79 Å². The van der Waals surface area contributed by atoms with Gasteiger partial charge in [-0.05, 0) is 25.3 Å². The molecule has 0 amide bonds. The van der Waals surface area contributed by atoms with Crippen LogP contribution in [-0.4, -0.2) is 58.7 Å². The molecule has 5 rings (SSSR count). The average Bonchev–Trinajstić information content (AvgIpc) is 3.19. The molecule has 3 heterocycles. The summed E-state index contributed by atoms with van der Waals surface area (Å²) in [4.78, 5) is 17.5. The van der Waals surface area contributed by atoms with E-state index in [1.807, 2.05) is 17.8 Å². The van der Waals surface area contributed by atoms with Crippen LogP contribution in [0.3, 0.4) is 0 Å². The number of benzene rings is 2. The van der Waals surface area contributed by atoms with Crippen molar-refractivity contribution in [2.75, 3.05) is 38.1 Å². The van der Waals surface area contributed by atoms with Crippen molar-refractivity contribution < 1.29 is 19.7 Å². The zero-order chi connectivity index (χ0) is 21.0. The lowest BCUT2D eigenvalue weighted by Gasteiger charge is -2.34. The molecule has 7 nitrogen and oxygen atoms in total. The zero-order valence-electron chi connectivity index (χ0n) is 16.9. The van der Waals surface area contributed by atoms with E-state index in [2.05, 4.69) is 35.0 Å². The first-order chi connectivity index (χ1) is 14.4. The van der Waals surface area contributed by atoms with Crippen molar-refractivity contribution in [3.8, 4) is 17.2 Å². The summed E-state index contributed by atoms with van der Waals surface area (Å²) >= 11 is 0. The summed E-state index contributed by atoms with van der Waals surface area (Å²) in [5, 5.41) is 20.8. The number of piperazine rings is 1. The first-order valence-corrected chi connectivity index (χ1v) is 9.94. The Labute approximate surface area is 174 Å². The molecular formula is C23H23N3O4. The fourth-order valence-corrected chi connectivity index (χ4v) is 4.30. The first-order valence-electron chi connectivity index (χ1n) is 9.94. The maximum atomic E-state index is 12.8. The van der Waals surface area contributed by atoms with E-state index < -0.39 is 5.78 Å². The molecule has 2 aromatic carbocycles. The van der Waals surface area contributed by atoms with Gasteiger partial charge in [0.15, 0.2) is 5.76 Å². The number of ether oxygens (including phenoxy) is 1. The molecule has 0 unspecified atom stereocenters. The van der Waals surface area contributed by atoms with Gasteiger partial charge in [0, 0.05) is 68.2 Å². The molecule has 1 saturated heterocycles. The van der Waals surface area contributed by atoms with E-state index in [-0.39, 0.29) is 28.6 Å². The summed E-state index contributed by atoms with van der Waals surface area (Å²) in [5.41, 5.74) is 3.17. The van der Waals surface area contributed by atoms with Crippen LogP contribution in [0.1, 0.15) is 15.9 Å². The molecule has 0 aliphatic carbocycles. The third kappa shape index (κ3) is 2.90. The van der Waals surface area contributed by atoms with Crippen molar-refractivity contribution in [1.82, 2.24) is 9.47 Å². The van der Waals surface area contributed by atoms with E-state index in [4.69, 9.17) is 4.74 Å². The number of fused-ring (bicyclic) bond motifs is 2. The number of hydrogen-bond acceptors (Lipinski definition) is 6. The van der Waals surface area contributed by atoms with E-state index in [0.717, 1.165) is 54.4 Å². The molecule has 7 heteroatoms. The highest BCUT2D eigenvalue weighted by Gasteiger charge is 2.32. The number of carbonyl (C=O) groups is 1. The minimum Gasteiger partial charge on any atom is -0.508 e. The topological polar surface area (TPSA) is 78.2 Å². The number of aromatic hydroxyl groups is 2. The number of nitrogens with zero attached hydrogens (tertiary/aromatic N) is 3. The predicted octanol–water partition coefficient (Wildman–Crippen LogP) is 2.96. The second-order valence-electron chi connectivity index (χ2n) is 7.93. The highest BCUT2D eigenvalue weighted by Crippen LogP contribution is 2.41. The second-order valence-corrected chi connectivity index (χ2v) is 7.93. The van der Waals surface area contributed by atoms with Crippen LogP contribution in [0.4, 0.5) is 5.69 Å². The lowest BCUT2D eigenvalue weighted by molar-refractivity contribution is 0.101. The Morgan fingerprint density at radius 3 is 2.60 bits per heavy atom. The van der Waals surface area contributed by atoms with Crippen LogP contribution in [0.15, 0.2) is 42.3 Å². The monoisotopic (exact) mass is 405 g/mol. The van der Waals surface area contributed by atoms with Gasteiger partial charge in [0.25, 0.3) is 0 Å². The minimum absolute atomic E-state index is 0.0820. The normalized spacial score (nSPS) is 18.3. The van der Waals surface area contributed by atoms with Crippen LogP contribution in [0.5, 0.6) is 17.2 Å². The van der Waals surface area contributed by atoms with Gasteiger partial charge < -0.3 is 29.3 Å². The molecule has 30 heavy (non-hydrogen) atoms. The van der Waals surface area contributed by atoms with Crippen molar-refractivity contribution in [1.29, 1.82) is 0 Å². The van der Waals surface area contributed by atoms with Crippen LogP contribution < -0.4 is 9.64 Å². The summed E-state index contributed by atoms with van der Waals surface area (Å²) < 4.78 is 7.74. The Balaban J connectivity index is 1.60. The molecule has 2 aliphatic rings. The Bertz CT molecular complexity index is 1200. The van der Waals surface area contributed by atoms with Gasteiger partial charge in [-0.15, -0.1) is 0 Å². The fraction of sp³-hybridized carbons (Fsp3) is 0.261. The quantitative estimate of drug-likeness (QED) is 0.639. The molecule has 3 aromatic rings. The Morgan fingerprint density at radius 2 is 1.83 bits per heavy atom. The second kappa shape index (κ2) is 6.81. The predicted molar refractivity (Wildman–Crippen MR) is 115 cm³/mol. The van der Waals surface area contributed by atoms with E-state index in [1.165, 1.54) is 6.07 Å². The number of carbonyl (C=O) groups excluding carboxylic acids is 1. The number of aromatic nitrogens is 1. The number of phenolic OH excluding ortho intramolecular Hbond substituents is 2. The molecular weight excluding hydrogens is 382 g/mol. The maximum Gasteiger partial charge on any atom is 0.235 e. The van der Waals surface area contributed by atoms with Gasteiger partial charge in [-0.2, -0.15) is 0 Å². The van der Waals surface area contributed by atoms with Gasteiger partial charge in [-0.25, -0.2) is 0 Å². The first kappa shape index (κ1) is 18.6. The molecule has 2 N–H and O–H groups in total. The lowest BCUT2D eigenvalue weighted by atomic mass is 10.1. The summed E-state index contributed by atoms with van der Waals surface area (Å²) in [5.74, 6) is -0.524. The SMILES string of the molecule is CN1CCN(c2cccc3c2c(/C=C2\Oc4cc(O)cc(O)c4C2=O)cn3C)CC1. The van der Waals surface area contributed by atoms with Gasteiger partial charge in [-0.1, -0.05) is 6.07 Å². The third-order valence-electron chi connectivity index (χ3n) is 5.89. The van der Waals surface area contributed by atoms with Crippen LogP contribution in [0, 0.1) is 0 Å². The van der Waals surface area contributed by atoms with Crippen molar-refractivity contribution in [2.45, 2.75) is 0 Å². The Morgan fingerprint density at radius 1 is 1.07 bits per heavy atom. The van der Waals surface area contributed by atoms with E-state index in [9.17, 15) is 15.0 Å². The van der Waals surface area contributed by atoms with Crippen LogP contribution in [0.25, 0.3) is 17.0 Å². The number of anilines is 1. The van der Waals surface area contributed by atoms with Gasteiger partial charge >= 0.3 is 0 Å². The molecule has 0 radical (unpaired) electrons. The molecule has 0 spiro atoms. The number of aryl methyl sites for hydroxylation is 1. The maximum absolute atomic E-state index is 12.8. The molecule has 154 valence electrons. The molecule has 0 bridgehead atoms. The van der Waals surface area contributed by atoms with Crippen molar-refractivity contribution in [2.24, 2.45) is 7.05 Å². The molecule has 0 saturated carbocycles. The van der Waals surface area contributed by atoms with Crippen molar-refractivity contribution in [3.63, 3.8) is 0 Å². The molecule has 1 fully saturated rings. The van der Waals surface area contributed by atoms with E-state index in [0.29, 0.717) is 0 Å². The zero-order valence-corrected chi connectivity index (χ0v) is 16.9. The van der Waals surface area contributed by atoms with E-state index in [1.54, 1.807) is 6.08 Å². The van der Waals surface area contributed by atoms with Crippen molar-refractivity contribution in [3.05, 3.63) is 53.4 Å². The summed E-state index contributed by atoms with van der Waals surface area (Å²) in [6, 6.07) is 8.72. The number of phenols is 2. The smallest absolute Gasteiger partial charge is 0.235 e. The third-order valence-corrected chi connectivity index (χ3v) is 5.89. The largest absolute Gasteiger partial charge is 0.508 e. The molecule has 0 atom stereocenters. The average molecular weight is 405 g/mol. The summed E-state index contributed by atoms with van der Waals surface area (Å²) in [6.45, 7) is 3.88. The minimum atomic E-state index is -0.392.